The van der Waals surface area contributed by atoms with Gasteiger partial charge in [0.2, 0.25) is 0 Å². The smallest absolute Gasteiger partial charge is 0.0224 e. The van der Waals surface area contributed by atoms with Gasteiger partial charge in [-0.15, -0.1) is 0 Å². The Bertz CT molecular complexity index is 5740. The van der Waals surface area contributed by atoms with E-state index in [1.807, 2.05) is 0 Å². The molecule has 0 amide bonds. The minimum atomic E-state index is -0.535. The fraction of sp³-hybridized carbons (Fsp3) is 0.415. The van der Waals surface area contributed by atoms with E-state index in [4.69, 9.17) is 0 Å². The molecule has 12 aromatic rings. The average Bonchev–Trinajstić information content (AvgIpc) is 1.53. The molecule has 0 fully saturated rings. The number of fused-ring (bicyclic) bond motifs is 18. The van der Waals surface area contributed by atoms with Crippen molar-refractivity contribution in [2.45, 2.75) is 330 Å². The summed E-state index contributed by atoms with van der Waals surface area (Å²) in [6.45, 7) is 82.7. The van der Waals surface area contributed by atoms with Crippen LogP contribution in [0.5, 0.6) is 0 Å². The lowest BCUT2D eigenvalue weighted by atomic mass is 9.60. The summed E-state index contributed by atoms with van der Waals surface area (Å²) in [6.07, 6.45) is 2.62. The van der Waals surface area contributed by atoms with E-state index < -0.39 is 10.8 Å². The molecule has 6 aliphatic rings. The third-order valence-electron chi connectivity index (χ3n) is 31.8. The number of hydrogen-bond donors (Lipinski definition) is 0. The van der Waals surface area contributed by atoms with Crippen LogP contribution in [0.1, 0.15) is 366 Å². The van der Waals surface area contributed by atoms with Gasteiger partial charge in [-0.25, -0.2) is 0 Å². The Kier molecular flexibility index (Phi) is 18.3. The van der Waals surface area contributed by atoms with Crippen LogP contribution >= 0.6 is 0 Å². The number of benzene rings is 12. The van der Waals surface area contributed by atoms with E-state index in [-0.39, 0.29) is 65.0 Å². The molecular formula is C123H140. The summed E-state index contributed by atoms with van der Waals surface area (Å²) in [5.41, 5.74) is 52.9. The molecule has 0 unspecified atom stereocenters. The summed E-state index contributed by atoms with van der Waals surface area (Å²) in [6, 6.07) is 82.4. The van der Waals surface area contributed by atoms with Crippen LogP contribution in [0.25, 0.3) is 111 Å². The predicted octanol–water partition coefficient (Wildman–Crippen LogP) is 34.4. The van der Waals surface area contributed by atoms with E-state index >= 15 is 0 Å². The van der Waals surface area contributed by atoms with E-state index in [9.17, 15) is 0 Å². The van der Waals surface area contributed by atoms with Crippen molar-refractivity contribution >= 4 is 0 Å². The second-order valence-corrected chi connectivity index (χ2v) is 49.4. The summed E-state index contributed by atoms with van der Waals surface area (Å²) in [4.78, 5) is 0. The molecule has 0 heterocycles. The van der Waals surface area contributed by atoms with Gasteiger partial charge in [-0.2, -0.15) is 0 Å². The second kappa shape index (κ2) is 26.6. The first-order chi connectivity index (χ1) is 56.9. The molecule has 123 heavy (non-hydrogen) atoms. The molecule has 18 rings (SSSR count). The molecule has 632 valence electrons. The Hall–Kier alpha value is -9.36. The van der Waals surface area contributed by atoms with Crippen molar-refractivity contribution in [3.63, 3.8) is 0 Å². The summed E-state index contributed by atoms with van der Waals surface area (Å²) < 4.78 is 0. The van der Waals surface area contributed by atoms with Crippen molar-refractivity contribution in [2.75, 3.05) is 0 Å². The van der Waals surface area contributed by atoms with Crippen LogP contribution in [0.3, 0.4) is 0 Å². The van der Waals surface area contributed by atoms with Crippen LogP contribution < -0.4 is 0 Å². The van der Waals surface area contributed by atoms with Crippen molar-refractivity contribution in [2.24, 2.45) is 0 Å². The Morgan fingerprint density at radius 2 is 0.341 bits per heavy atom. The summed E-state index contributed by atoms with van der Waals surface area (Å²) >= 11 is 0. The summed E-state index contributed by atoms with van der Waals surface area (Å²) in [7, 11) is 0. The maximum Gasteiger partial charge on any atom is 0.0224 e. The zero-order valence-electron chi connectivity index (χ0n) is 81.6. The number of hydrogen-bond acceptors (Lipinski definition) is 0. The highest BCUT2D eigenvalue weighted by molar-refractivity contribution is 6.01. The maximum absolute atomic E-state index is 2.77. The Morgan fingerprint density at radius 3 is 0.512 bits per heavy atom. The molecule has 0 bridgehead atoms. The van der Waals surface area contributed by atoms with Crippen LogP contribution in [0.15, 0.2) is 194 Å². The van der Waals surface area contributed by atoms with E-state index in [1.165, 1.54) is 223 Å². The van der Waals surface area contributed by atoms with E-state index in [0.29, 0.717) is 0 Å². The Balaban J connectivity index is 0.947. The normalized spacial score (nSPS) is 16.9. The molecule has 0 aliphatic heterocycles. The van der Waals surface area contributed by atoms with Gasteiger partial charge < -0.3 is 0 Å². The zero-order valence-corrected chi connectivity index (χ0v) is 81.6. The van der Waals surface area contributed by atoms with Crippen molar-refractivity contribution in [3.8, 4) is 111 Å². The van der Waals surface area contributed by atoms with Crippen LogP contribution in [0.4, 0.5) is 0 Å². The largest absolute Gasteiger partial charge is 0.0642 e. The molecule has 0 aromatic heterocycles. The minimum absolute atomic E-state index is 0.00129. The van der Waals surface area contributed by atoms with Crippen LogP contribution in [0, 0.1) is 0 Å². The minimum Gasteiger partial charge on any atom is -0.0642 e. The third kappa shape index (κ3) is 12.6. The monoisotopic (exact) mass is 1620 g/mol. The fourth-order valence-electron chi connectivity index (χ4n) is 23.5. The van der Waals surface area contributed by atoms with Gasteiger partial charge in [-0.3, -0.25) is 0 Å². The Morgan fingerprint density at radius 1 is 0.171 bits per heavy atom. The average molecular weight is 1620 g/mol. The lowest BCUT2D eigenvalue weighted by Crippen LogP contribution is -2.37. The van der Waals surface area contributed by atoms with Gasteiger partial charge in [-0.1, -0.05) is 381 Å². The first-order valence-corrected chi connectivity index (χ1v) is 46.9. The molecule has 0 nitrogen and oxygen atoms in total. The topological polar surface area (TPSA) is 0 Å². The SMILES string of the molecule is CCC1(CC2(CC)c3cc(-c4cc(C(C)(C)C)cc5c4-c4ccc(C(C)(C)C)cc4C5(C)C)ccc3-c3ccc(-c4cc(C(C)(C)C)cc5c4-c4ccc(C(C)(C)C)cc4C5(C)C)cc32)c2cc(-c3cc(C(C)(C)C)cc4c3-c3ccc(C(C)(C)C)cc3C4(C)C)ccc2-c2ccc(-c3cc(C(C)(C)C)cc4c3-c3ccc(C(C)(C)C)cc3C4(C)C)cc21. The number of rotatable bonds is 8. The second-order valence-electron chi connectivity index (χ2n) is 49.4. The summed E-state index contributed by atoms with van der Waals surface area (Å²) in [5, 5.41) is 0. The summed E-state index contributed by atoms with van der Waals surface area (Å²) in [5.74, 6) is 0. The van der Waals surface area contributed by atoms with Crippen molar-refractivity contribution in [3.05, 3.63) is 305 Å². The highest BCUT2D eigenvalue weighted by atomic mass is 14.6. The zero-order chi connectivity index (χ0) is 88.8. The van der Waals surface area contributed by atoms with Crippen molar-refractivity contribution < 1.29 is 0 Å². The molecule has 6 aliphatic carbocycles. The molecule has 0 atom stereocenters. The van der Waals surface area contributed by atoms with Crippen LogP contribution in [-0.2, 0) is 75.8 Å². The molecule has 0 saturated carbocycles. The quantitative estimate of drug-likeness (QED) is 0.142. The van der Waals surface area contributed by atoms with E-state index in [0.717, 1.165) is 19.3 Å². The van der Waals surface area contributed by atoms with Gasteiger partial charge in [-0.05, 0) is 334 Å². The van der Waals surface area contributed by atoms with Crippen molar-refractivity contribution in [1.29, 1.82) is 0 Å². The Labute approximate surface area is 742 Å². The first-order valence-electron chi connectivity index (χ1n) is 46.9. The van der Waals surface area contributed by atoms with E-state index in [1.54, 1.807) is 0 Å². The van der Waals surface area contributed by atoms with Gasteiger partial charge in [0.25, 0.3) is 0 Å². The molecule has 0 spiro atoms. The fourth-order valence-corrected chi connectivity index (χ4v) is 23.5. The molecule has 0 N–H and O–H groups in total. The maximum atomic E-state index is 2.77. The van der Waals surface area contributed by atoms with Gasteiger partial charge in [0, 0.05) is 32.5 Å². The predicted molar refractivity (Wildman–Crippen MR) is 532 cm³/mol. The molecule has 12 aromatic carbocycles. The first kappa shape index (κ1) is 84.5. The van der Waals surface area contributed by atoms with Gasteiger partial charge in [0.1, 0.15) is 0 Å². The van der Waals surface area contributed by atoms with Gasteiger partial charge in [0.05, 0.1) is 0 Å². The molecule has 0 saturated heterocycles. The van der Waals surface area contributed by atoms with Gasteiger partial charge >= 0.3 is 0 Å². The van der Waals surface area contributed by atoms with Crippen molar-refractivity contribution in [1.82, 2.24) is 0 Å². The molecular weight excluding hydrogens is 1480 g/mol. The van der Waals surface area contributed by atoms with Gasteiger partial charge in [0.15, 0.2) is 0 Å². The standard InChI is InChI=1S/C123H140/c1-35-122(98-53-70(90-57-78(114(15,16)17)65-102-106(90)86-49-41-74(110(3,4)5)61-94(86)118(102,27)28)37-45-82(98)83-46-38-71(54-99(83)122)91-58-79(115(18,19)20)66-103-107(91)87-50-42-75(111(6,7)8)62-95(87)119(103,29)30)69-123(36-2)100-55-72(92-59-80(116(21,22)23)67-104-108(92)88-51-43-76(112(9,10)11)63-96(88)120(104,31)32)39-47-84(100)85-48-40-73(56-101(85)123)93-60-81(117(24,25)26)68-105-109(93)89-52-44-77(113(12,13)14)64-97(89)121(105,33)34/h37-68H,35-36,69H2,1-34H3. The lowest BCUT2D eigenvalue weighted by Gasteiger charge is -2.42. The highest BCUT2D eigenvalue weighted by Gasteiger charge is 2.54. The lowest BCUT2D eigenvalue weighted by molar-refractivity contribution is 0.342. The molecule has 0 heteroatoms. The third-order valence-corrected chi connectivity index (χ3v) is 31.8. The van der Waals surface area contributed by atoms with Crippen LogP contribution in [-0.4, -0.2) is 0 Å². The van der Waals surface area contributed by atoms with E-state index in [2.05, 4.69) is 430 Å². The molecule has 0 radical (unpaired) electrons. The highest BCUT2D eigenvalue weighted by Crippen LogP contribution is 2.67. The van der Waals surface area contributed by atoms with Crippen LogP contribution in [0.2, 0.25) is 0 Å².